The van der Waals surface area contributed by atoms with Crippen molar-refractivity contribution in [3.63, 3.8) is 0 Å². The molecule has 0 amide bonds. The van der Waals surface area contributed by atoms with Crippen molar-refractivity contribution in [2.75, 3.05) is 9.80 Å². The van der Waals surface area contributed by atoms with Crippen LogP contribution in [-0.4, -0.2) is 27.4 Å². The first-order chi connectivity index (χ1) is 47.7. The molecule has 0 unspecified atom stereocenters. The van der Waals surface area contributed by atoms with Crippen LogP contribution in [0.1, 0.15) is 0 Å². The summed E-state index contributed by atoms with van der Waals surface area (Å²) in [5.74, 6) is 0. The lowest BCUT2D eigenvalue weighted by molar-refractivity contribution is 1.16. The summed E-state index contributed by atoms with van der Waals surface area (Å²) in [5.41, 5.74) is 18.5. The molecule has 1 aromatic heterocycles. The molecule has 3 nitrogen and oxygen atoms in total. The van der Waals surface area contributed by atoms with Crippen LogP contribution in [0.4, 0.5) is 34.1 Å². The minimum absolute atomic E-state index is 0.224. The van der Waals surface area contributed by atoms with Crippen molar-refractivity contribution in [2.45, 2.75) is 0 Å². The molecule has 0 aliphatic carbocycles. The SMILES string of the molecule is c1ccc(-c2ccccc2N2c3cc([Si](c4ccccc4)(c4ccccc4)c4ccccc4)ccc3B3c4ccc([Si](c5ccccc5)(c5ccccc5)c5ccccc5)cc4N(c4ccccc4-c4ccccc4)c4cc(-n5c6ccccc6c6ccccc65)cc2c43)cc1. The van der Waals surface area contributed by atoms with Crippen molar-refractivity contribution in [2.24, 2.45) is 0 Å². The Hall–Kier alpha value is -11.8. The Kier molecular flexibility index (Phi) is 14.0. The first-order valence-electron chi connectivity index (χ1n) is 33.4. The molecule has 2 aliphatic rings. The van der Waals surface area contributed by atoms with E-state index in [2.05, 4.69) is 403 Å². The topological polar surface area (TPSA) is 11.4 Å². The van der Waals surface area contributed by atoms with Gasteiger partial charge in [-0.1, -0.05) is 340 Å². The second-order valence-electron chi connectivity index (χ2n) is 25.4. The van der Waals surface area contributed by atoms with Gasteiger partial charge >= 0.3 is 0 Å². The standard InChI is InChI=1S/C90H64BN3Si2/c1-9-33-65(34-10-1)76-49-25-29-53-82(76)93-86-63-74(95(68-37-13-3-14-38-68,69-39-15-4-16-40-69)70-41-17-5-18-42-70)57-59-80(86)91-81-60-58-75(96(71-43-19-6-20-44-71,72-45-21-7-22-46-72)73-47-23-8-24-48-73)64-87(81)94(83-54-30-26-50-77(83)66-35-11-2-12-36-66)89-62-67(61-88(93)90(89)91)92-84-55-31-27-51-78(84)79-52-28-32-56-85(79)92/h1-64H. The van der Waals surface area contributed by atoms with Crippen LogP contribution in [0.15, 0.2) is 388 Å². The lowest BCUT2D eigenvalue weighted by Crippen LogP contribution is -2.75. The number of hydrogen-bond acceptors (Lipinski definition) is 2. The maximum absolute atomic E-state index is 3.13. The fourth-order valence-electron chi connectivity index (χ4n) is 16.5. The summed E-state index contributed by atoms with van der Waals surface area (Å²) >= 11 is 0. The summed E-state index contributed by atoms with van der Waals surface area (Å²) in [7, 11) is -6.26. The van der Waals surface area contributed by atoms with E-state index in [1.165, 1.54) is 68.7 Å². The molecule has 2 aliphatic heterocycles. The van der Waals surface area contributed by atoms with Gasteiger partial charge in [-0.25, -0.2) is 0 Å². The third kappa shape index (κ3) is 8.94. The first kappa shape index (κ1) is 56.9. The van der Waals surface area contributed by atoms with Crippen molar-refractivity contribution < 1.29 is 0 Å². The molecular weight excluding hydrogens is 1190 g/mol. The van der Waals surface area contributed by atoms with E-state index in [1.807, 2.05) is 0 Å². The number of anilines is 6. The Bertz CT molecular complexity index is 5010. The Balaban J connectivity index is 1.03. The lowest BCUT2D eigenvalue weighted by Gasteiger charge is -2.46. The lowest BCUT2D eigenvalue weighted by atomic mass is 9.33. The zero-order valence-electron chi connectivity index (χ0n) is 52.9. The first-order valence-corrected chi connectivity index (χ1v) is 37.4. The van der Waals surface area contributed by atoms with Crippen molar-refractivity contribution >= 4 is 137 Å². The van der Waals surface area contributed by atoms with Gasteiger partial charge in [0.2, 0.25) is 0 Å². The molecule has 450 valence electrons. The average molecular weight is 1250 g/mol. The highest BCUT2D eigenvalue weighted by Gasteiger charge is 2.49. The van der Waals surface area contributed by atoms with Crippen LogP contribution in [0, 0.1) is 0 Å². The van der Waals surface area contributed by atoms with E-state index < -0.39 is 16.1 Å². The van der Waals surface area contributed by atoms with Crippen molar-refractivity contribution in [3.05, 3.63) is 388 Å². The third-order valence-corrected chi connectivity index (χ3v) is 30.0. The summed E-state index contributed by atoms with van der Waals surface area (Å²) in [5, 5.41) is 13.0. The van der Waals surface area contributed by atoms with Gasteiger partial charge in [-0.3, -0.25) is 0 Å². The molecule has 0 saturated carbocycles. The summed E-state index contributed by atoms with van der Waals surface area (Å²) in [6.45, 7) is -0.224. The van der Waals surface area contributed by atoms with Gasteiger partial charge in [-0.05, 0) is 118 Å². The number of rotatable bonds is 13. The average Bonchev–Trinajstić information content (AvgIpc) is 0.702. The van der Waals surface area contributed by atoms with Gasteiger partial charge in [0.25, 0.3) is 6.71 Å². The van der Waals surface area contributed by atoms with Crippen LogP contribution in [-0.2, 0) is 0 Å². The normalized spacial score (nSPS) is 12.5. The summed E-state index contributed by atoms with van der Waals surface area (Å²) in [4.78, 5) is 5.35. The van der Waals surface area contributed by atoms with Crippen LogP contribution in [0.3, 0.4) is 0 Å². The molecule has 15 aromatic carbocycles. The third-order valence-electron chi connectivity index (χ3n) is 20.5. The van der Waals surface area contributed by atoms with Gasteiger partial charge in [-0.2, -0.15) is 0 Å². The zero-order valence-corrected chi connectivity index (χ0v) is 54.9. The number of aromatic nitrogens is 1. The number of hydrogen-bond donors (Lipinski definition) is 0. The Morgan fingerprint density at radius 2 is 0.510 bits per heavy atom. The minimum Gasteiger partial charge on any atom is -0.311 e. The monoisotopic (exact) mass is 1250 g/mol. The van der Waals surface area contributed by atoms with Crippen molar-refractivity contribution in [1.82, 2.24) is 4.57 Å². The predicted octanol–water partition coefficient (Wildman–Crippen LogP) is 15.0. The minimum atomic E-state index is -3.13. The second-order valence-corrected chi connectivity index (χ2v) is 33.0. The van der Waals surface area contributed by atoms with Crippen molar-refractivity contribution in [3.8, 4) is 27.9 Å². The number of para-hydroxylation sites is 4. The molecule has 0 spiro atoms. The summed E-state index contributed by atoms with van der Waals surface area (Å²) in [6.07, 6.45) is 0. The maximum atomic E-state index is 2.67. The summed E-state index contributed by atoms with van der Waals surface area (Å²) in [6, 6.07) is 147. The molecule has 0 radical (unpaired) electrons. The van der Waals surface area contributed by atoms with Gasteiger partial charge in [0.05, 0.1) is 28.1 Å². The highest BCUT2D eigenvalue weighted by atomic mass is 28.3. The fourth-order valence-corrected chi connectivity index (χ4v) is 26.0. The molecule has 0 fully saturated rings. The molecule has 6 heteroatoms. The maximum Gasteiger partial charge on any atom is 0.252 e. The van der Waals surface area contributed by atoms with Gasteiger partial charge in [-0.15, -0.1) is 0 Å². The van der Waals surface area contributed by atoms with Crippen LogP contribution in [0.2, 0.25) is 0 Å². The Labute approximate surface area is 563 Å². The molecule has 96 heavy (non-hydrogen) atoms. The van der Waals surface area contributed by atoms with Crippen LogP contribution >= 0.6 is 0 Å². The summed E-state index contributed by atoms with van der Waals surface area (Å²) < 4.78 is 2.53. The highest BCUT2D eigenvalue weighted by molar-refractivity contribution is 7.20. The van der Waals surface area contributed by atoms with E-state index in [0.717, 1.165) is 73.1 Å². The van der Waals surface area contributed by atoms with Crippen LogP contribution in [0.5, 0.6) is 0 Å². The number of fused-ring (bicyclic) bond motifs is 7. The van der Waals surface area contributed by atoms with Crippen LogP contribution < -0.4 is 67.7 Å². The van der Waals surface area contributed by atoms with E-state index in [1.54, 1.807) is 0 Å². The predicted molar refractivity (Wildman–Crippen MR) is 413 cm³/mol. The van der Waals surface area contributed by atoms with E-state index in [0.29, 0.717) is 0 Å². The van der Waals surface area contributed by atoms with E-state index in [9.17, 15) is 0 Å². The van der Waals surface area contributed by atoms with Gasteiger partial charge < -0.3 is 14.4 Å². The molecule has 0 bridgehead atoms. The highest BCUT2D eigenvalue weighted by Crippen LogP contribution is 2.49. The number of nitrogens with zero attached hydrogens (tertiary/aromatic N) is 3. The van der Waals surface area contributed by atoms with Gasteiger partial charge in [0, 0.05) is 44.6 Å². The molecule has 3 heterocycles. The zero-order chi connectivity index (χ0) is 63.6. The Morgan fingerprint density at radius 1 is 0.219 bits per heavy atom. The molecule has 0 saturated heterocycles. The Morgan fingerprint density at radius 3 is 0.854 bits per heavy atom. The molecule has 18 rings (SSSR count). The molecular formula is C90H64BN3Si2. The molecule has 16 aromatic rings. The van der Waals surface area contributed by atoms with Crippen LogP contribution in [0.25, 0.3) is 49.7 Å². The van der Waals surface area contributed by atoms with Crippen molar-refractivity contribution in [1.29, 1.82) is 0 Å². The van der Waals surface area contributed by atoms with Gasteiger partial charge in [0.1, 0.15) is 0 Å². The van der Waals surface area contributed by atoms with E-state index >= 15 is 0 Å². The smallest absolute Gasteiger partial charge is 0.252 e. The van der Waals surface area contributed by atoms with E-state index in [4.69, 9.17) is 0 Å². The van der Waals surface area contributed by atoms with Gasteiger partial charge in [0.15, 0.2) is 16.1 Å². The number of benzene rings is 15. The molecule has 0 atom stereocenters. The van der Waals surface area contributed by atoms with E-state index in [-0.39, 0.29) is 6.71 Å². The second kappa shape index (κ2) is 23.6. The quantitative estimate of drug-likeness (QED) is 0.0842. The largest absolute Gasteiger partial charge is 0.311 e. The fraction of sp³-hybridized carbons (Fsp3) is 0. The molecule has 0 N–H and O–H groups in total.